The summed E-state index contributed by atoms with van der Waals surface area (Å²) in [5, 5.41) is 0. The maximum absolute atomic E-state index is 12.4. The molecule has 20 heavy (non-hydrogen) atoms. The van der Waals surface area contributed by atoms with E-state index in [1.807, 2.05) is 42.1 Å². The van der Waals surface area contributed by atoms with E-state index in [1.165, 1.54) is 11.8 Å². The Morgan fingerprint density at radius 2 is 2.25 bits per heavy atom. The van der Waals surface area contributed by atoms with Crippen LogP contribution in [0.15, 0.2) is 46.0 Å². The molecule has 6 heteroatoms. The molecule has 2 aromatic heterocycles. The number of hydrogen-bond donors (Lipinski definition) is 0. The monoisotopic (exact) mass is 304 g/mol. The summed E-state index contributed by atoms with van der Waals surface area (Å²) in [5.74, 6) is 0.652. The van der Waals surface area contributed by atoms with E-state index in [2.05, 4.69) is 0 Å². The molecule has 102 valence electrons. The van der Waals surface area contributed by atoms with Gasteiger partial charge in [0.1, 0.15) is 10.1 Å². The number of aryl methyl sites for hydroxylation is 1. The topological polar surface area (TPSA) is 38.4 Å². The van der Waals surface area contributed by atoms with Gasteiger partial charge in [-0.15, -0.1) is 0 Å². The lowest BCUT2D eigenvalue weighted by Crippen LogP contribution is -2.27. The van der Waals surface area contributed by atoms with E-state index in [0.717, 1.165) is 11.5 Å². The van der Waals surface area contributed by atoms with Crippen molar-refractivity contribution in [2.45, 2.75) is 6.54 Å². The molecule has 0 aromatic carbocycles. The standard InChI is InChI=1S/C14H12N2O2S2/c1-15-6-2-4-10(15)8-12-13(17)16(14(19)20-12)9-11-5-3-7-18-11/h2-8H,9H2,1H3. The third-order valence-corrected chi connectivity index (χ3v) is 4.41. The molecule has 0 aliphatic carbocycles. The Bertz CT molecular complexity index is 686. The first-order valence-corrected chi connectivity index (χ1v) is 7.27. The number of aromatic nitrogens is 1. The van der Waals surface area contributed by atoms with Gasteiger partial charge in [-0.1, -0.05) is 24.0 Å². The highest BCUT2D eigenvalue weighted by molar-refractivity contribution is 8.26. The summed E-state index contributed by atoms with van der Waals surface area (Å²) in [6.07, 6.45) is 5.39. The smallest absolute Gasteiger partial charge is 0.266 e. The van der Waals surface area contributed by atoms with Gasteiger partial charge in [-0.3, -0.25) is 9.69 Å². The van der Waals surface area contributed by atoms with Crippen LogP contribution in [-0.2, 0) is 18.4 Å². The van der Waals surface area contributed by atoms with E-state index < -0.39 is 0 Å². The molecule has 0 unspecified atom stereocenters. The van der Waals surface area contributed by atoms with Crippen molar-refractivity contribution in [1.29, 1.82) is 0 Å². The maximum Gasteiger partial charge on any atom is 0.266 e. The zero-order valence-corrected chi connectivity index (χ0v) is 12.4. The van der Waals surface area contributed by atoms with E-state index in [1.54, 1.807) is 17.2 Å². The average molecular weight is 304 g/mol. The fourth-order valence-electron chi connectivity index (χ4n) is 1.95. The second kappa shape index (κ2) is 5.30. The van der Waals surface area contributed by atoms with Crippen molar-refractivity contribution in [2.75, 3.05) is 0 Å². The van der Waals surface area contributed by atoms with Crippen LogP contribution in [0.2, 0.25) is 0 Å². The first-order chi connectivity index (χ1) is 9.65. The van der Waals surface area contributed by atoms with Gasteiger partial charge in [-0.05, 0) is 30.3 Å². The molecule has 1 amide bonds. The largest absolute Gasteiger partial charge is 0.467 e. The van der Waals surface area contributed by atoms with Crippen molar-refractivity contribution in [1.82, 2.24) is 9.47 Å². The molecule has 1 fully saturated rings. The van der Waals surface area contributed by atoms with Crippen LogP contribution >= 0.6 is 24.0 Å². The summed E-state index contributed by atoms with van der Waals surface area (Å²) in [7, 11) is 1.94. The Morgan fingerprint density at radius 1 is 1.40 bits per heavy atom. The summed E-state index contributed by atoms with van der Waals surface area (Å²) in [6, 6.07) is 7.53. The fourth-order valence-corrected chi connectivity index (χ4v) is 3.19. The van der Waals surface area contributed by atoms with Crippen LogP contribution in [0.1, 0.15) is 11.5 Å². The highest BCUT2D eigenvalue weighted by Crippen LogP contribution is 2.33. The number of hydrogen-bond acceptors (Lipinski definition) is 4. The summed E-state index contributed by atoms with van der Waals surface area (Å²) in [6.45, 7) is 0.377. The number of furan rings is 1. The lowest BCUT2D eigenvalue weighted by molar-refractivity contribution is -0.122. The van der Waals surface area contributed by atoms with Gasteiger partial charge in [0, 0.05) is 18.9 Å². The number of amides is 1. The summed E-state index contributed by atoms with van der Waals surface area (Å²) in [5.41, 5.74) is 0.975. The lowest BCUT2D eigenvalue weighted by Gasteiger charge is -2.11. The molecule has 2 aromatic rings. The molecule has 0 bridgehead atoms. The van der Waals surface area contributed by atoms with Crippen molar-refractivity contribution < 1.29 is 9.21 Å². The van der Waals surface area contributed by atoms with Gasteiger partial charge < -0.3 is 8.98 Å². The van der Waals surface area contributed by atoms with Crippen LogP contribution in [0.4, 0.5) is 0 Å². The quantitative estimate of drug-likeness (QED) is 0.645. The molecule has 0 radical (unpaired) electrons. The van der Waals surface area contributed by atoms with E-state index in [4.69, 9.17) is 16.6 Å². The van der Waals surface area contributed by atoms with Gasteiger partial charge in [0.25, 0.3) is 5.91 Å². The van der Waals surface area contributed by atoms with Crippen LogP contribution in [0.3, 0.4) is 0 Å². The first kappa shape index (κ1) is 13.2. The first-order valence-electron chi connectivity index (χ1n) is 6.04. The molecule has 1 saturated heterocycles. The van der Waals surface area contributed by atoms with Crippen molar-refractivity contribution in [3.63, 3.8) is 0 Å². The number of rotatable bonds is 3. The Morgan fingerprint density at radius 3 is 2.90 bits per heavy atom. The summed E-state index contributed by atoms with van der Waals surface area (Å²) >= 11 is 6.60. The molecule has 0 spiro atoms. The zero-order valence-electron chi connectivity index (χ0n) is 10.8. The number of carbonyl (C=O) groups excluding carboxylic acids is 1. The molecule has 1 aliphatic heterocycles. The number of nitrogens with zero attached hydrogens (tertiary/aromatic N) is 2. The highest BCUT2D eigenvalue weighted by atomic mass is 32.2. The molecule has 4 nitrogen and oxygen atoms in total. The van der Waals surface area contributed by atoms with Gasteiger partial charge in [-0.25, -0.2) is 0 Å². The van der Waals surface area contributed by atoms with E-state index in [0.29, 0.717) is 15.8 Å². The Balaban J connectivity index is 1.83. The van der Waals surface area contributed by atoms with Crippen molar-refractivity contribution in [2.24, 2.45) is 7.05 Å². The average Bonchev–Trinajstić information content (AvgIpc) is 3.11. The Kier molecular flexibility index (Phi) is 3.50. The number of thioether (sulfide) groups is 1. The SMILES string of the molecule is Cn1cccc1C=C1SC(=S)N(Cc2ccco2)C1=O. The highest BCUT2D eigenvalue weighted by Gasteiger charge is 2.32. The number of thiocarbonyl (C=S) groups is 1. The fraction of sp³-hybridized carbons (Fsp3) is 0.143. The van der Waals surface area contributed by atoms with Crippen LogP contribution in [0.25, 0.3) is 6.08 Å². The van der Waals surface area contributed by atoms with E-state index in [9.17, 15) is 4.79 Å². The van der Waals surface area contributed by atoms with Gasteiger partial charge in [-0.2, -0.15) is 0 Å². The van der Waals surface area contributed by atoms with Crippen molar-refractivity contribution in [3.05, 3.63) is 53.1 Å². The van der Waals surface area contributed by atoms with Crippen LogP contribution in [0.5, 0.6) is 0 Å². The van der Waals surface area contributed by atoms with Crippen LogP contribution in [0, 0.1) is 0 Å². The summed E-state index contributed by atoms with van der Waals surface area (Å²) in [4.78, 5) is 14.6. The Hall–Kier alpha value is -1.79. The third-order valence-electron chi connectivity index (χ3n) is 3.03. The molecule has 0 atom stereocenters. The van der Waals surface area contributed by atoms with Gasteiger partial charge >= 0.3 is 0 Å². The lowest BCUT2D eigenvalue weighted by atomic mass is 10.3. The second-order valence-corrected chi connectivity index (χ2v) is 6.07. The predicted octanol–water partition coefficient (Wildman–Crippen LogP) is 3.02. The molecular weight excluding hydrogens is 292 g/mol. The normalized spacial score (nSPS) is 17.4. The van der Waals surface area contributed by atoms with Gasteiger partial charge in [0.2, 0.25) is 0 Å². The minimum atomic E-state index is -0.0717. The van der Waals surface area contributed by atoms with Crippen molar-refractivity contribution >= 4 is 40.3 Å². The van der Waals surface area contributed by atoms with Crippen LogP contribution < -0.4 is 0 Å². The van der Waals surface area contributed by atoms with E-state index >= 15 is 0 Å². The number of carbonyl (C=O) groups is 1. The molecule has 3 heterocycles. The minimum Gasteiger partial charge on any atom is -0.467 e. The molecule has 1 aliphatic rings. The van der Waals surface area contributed by atoms with Gasteiger partial charge in [0.05, 0.1) is 17.7 Å². The maximum atomic E-state index is 12.4. The zero-order chi connectivity index (χ0) is 14.1. The molecule has 0 saturated carbocycles. The van der Waals surface area contributed by atoms with Crippen molar-refractivity contribution in [3.8, 4) is 0 Å². The van der Waals surface area contributed by atoms with Gasteiger partial charge in [0.15, 0.2) is 0 Å². The van der Waals surface area contributed by atoms with Crippen LogP contribution in [-0.4, -0.2) is 19.7 Å². The molecule has 3 rings (SSSR count). The minimum absolute atomic E-state index is 0.0717. The molecule has 0 N–H and O–H groups in total. The van der Waals surface area contributed by atoms with E-state index in [-0.39, 0.29) is 5.91 Å². The Labute approximate surface area is 126 Å². The molecular formula is C14H12N2O2S2. The summed E-state index contributed by atoms with van der Waals surface area (Å²) < 4.78 is 7.79. The second-order valence-electron chi connectivity index (χ2n) is 4.39. The predicted molar refractivity (Wildman–Crippen MR) is 82.8 cm³/mol. The third kappa shape index (κ3) is 2.44.